The van der Waals surface area contributed by atoms with E-state index in [0.717, 1.165) is 32.4 Å². The van der Waals surface area contributed by atoms with Gasteiger partial charge in [-0.3, -0.25) is 29.0 Å². The van der Waals surface area contributed by atoms with Crippen molar-refractivity contribution in [3.63, 3.8) is 0 Å². The van der Waals surface area contributed by atoms with E-state index in [9.17, 15) is 39.6 Å². The highest BCUT2D eigenvalue weighted by molar-refractivity contribution is 6.24. The Labute approximate surface area is 225 Å². The third kappa shape index (κ3) is 3.98. The number of carbonyl (C=O) groups is 4. The van der Waals surface area contributed by atoms with Gasteiger partial charge < -0.3 is 26.2 Å². The number of aromatic hydroxyl groups is 1. The molecule has 0 aromatic heterocycles. The number of phenols is 1. The minimum Gasteiger partial charge on any atom is -0.508 e. The van der Waals surface area contributed by atoms with Gasteiger partial charge in [-0.25, -0.2) is 0 Å². The van der Waals surface area contributed by atoms with Crippen LogP contribution in [0.15, 0.2) is 29.0 Å². The van der Waals surface area contributed by atoms with Crippen LogP contribution < -0.4 is 5.73 Å². The van der Waals surface area contributed by atoms with Crippen molar-refractivity contribution in [3.8, 4) is 5.75 Å². The topological polar surface area (TPSA) is 182 Å². The van der Waals surface area contributed by atoms with Gasteiger partial charge >= 0.3 is 0 Å². The molecule has 0 bridgehead atoms. The van der Waals surface area contributed by atoms with Gasteiger partial charge in [0.05, 0.1) is 18.2 Å². The molecular formula is C28H33N3O8. The summed E-state index contributed by atoms with van der Waals surface area (Å²) in [6.45, 7) is 1.80. The number of nitrogens with zero attached hydrogens (tertiary/aromatic N) is 2. The summed E-state index contributed by atoms with van der Waals surface area (Å²) in [4.78, 5) is 56.0. The molecule has 3 aliphatic carbocycles. The van der Waals surface area contributed by atoms with E-state index in [4.69, 9.17) is 5.73 Å². The summed E-state index contributed by atoms with van der Waals surface area (Å²) >= 11 is 0. The summed E-state index contributed by atoms with van der Waals surface area (Å²) in [6.07, 6.45) is 3.19. The van der Waals surface area contributed by atoms with Crippen molar-refractivity contribution < 1.29 is 39.6 Å². The quantitative estimate of drug-likeness (QED) is 0.263. The lowest BCUT2D eigenvalue weighted by Crippen LogP contribution is -2.65. The molecular weight excluding hydrogens is 506 g/mol. The summed E-state index contributed by atoms with van der Waals surface area (Å²) < 4.78 is 0. The van der Waals surface area contributed by atoms with Crippen LogP contribution in [0.2, 0.25) is 0 Å². The molecule has 6 N–H and O–H groups in total. The number of nitrogens with two attached hydrogens (primary N) is 1. The van der Waals surface area contributed by atoms with Crippen molar-refractivity contribution >= 4 is 29.0 Å². The first-order chi connectivity index (χ1) is 18.4. The van der Waals surface area contributed by atoms with E-state index in [-0.39, 0.29) is 42.1 Å². The summed E-state index contributed by atoms with van der Waals surface area (Å²) in [6, 6.07) is 1.64. The lowest BCUT2D eigenvalue weighted by Gasteiger charge is -2.50. The summed E-state index contributed by atoms with van der Waals surface area (Å²) in [5.41, 5.74) is 2.20. The zero-order chi connectivity index (χ0) is 28.4. The van der Waals surface area contributed by atoms with E-state index in [1.165, 1.54) is 17.0 Å². The zero-order valence-electron chi connectivity index (χ0n) is 21.9. The standard InChI is InChI=1S/C28H33N3O8/c1-30(2)22-16-11-13-10-15-14(18(33)12-31-8-4-3-5-9-31)6-7-17(32)20(15)23(34)19(13)25(36)28(16,39)26(37)21(24(22)35)27(29)38/h6-7,13,16,22,32,34,37,39H,3-5,8-12H2,1-2H3,(H2,29,38)/t13-,16-,22-,28+/m1/s1. The summed E-state index contributed by atoms with van der Waals surface area (Å²) in [5, 5.41) is 44.6. The predicted octanol–water partition coefficient (Wildman–Crippen LogP) is 0.633. The number of rotatable bonds is 5. The normalized spacial score (nSPS) is 29.3. The first-order valence-electron chi connectivity index (χ1n) is 13.1. The van der Waals surface area contributed by atoms with Gasteiger partial charge in [0.1, 0.15) is 22.8 Å². The number of aliphatic hydroxyl groups is 3. The average molecular weight is 540 g/mol. The van der Waals surface area contributed by atoms with Gasteiger partial charge in [0, 0.05) is 17.1 Å². The Bertz CT molecular complexity index is 1360. The van der Waals surface area contributed by atoms with Crippen LogP contribution in [0, 0.1) is 11.8 Å². The molecule has 0 radical (unpaired) electrons. The Morgan fingerprint density at radius 2 is 1.77 bits per heavy atom. The van der Waals surface area contributed by atoms with Crippen LogP contribution in [0.3, 0.4) is 0 Å². The predicted molar refractivity (Wildman–Crippen MR) is 139 cm³/mol. The van der Waals surface area contributed by atoms with Crippen LogP contribution in [0.4, 0.5) is 0 Å². The molecule has 1 amide bonds. The first-order valence-corrected chi connectivity index (χ1v) is 13.1. The van der Waals surface area contributed by atoms with E-state index in [1.54, 1.807) is 14.1 Å². The van der Waals surface area contributed by atoms with E-state index >= 15 is 0 Å². The van der Waals surface area contributed by atoms with Crippen LogP contribution >= 0.6 is 0 Å². The molecule has 208 valence electrons. The van der Waals surface area contributed by atoms with Gasteiger partial charge in [0.15, 0.2) is 17.2 Å². The molecule has 11 nitrogen and oxygen atoms in total. The molecule has 0 spiro atoms. The molecule has 1 aliphatic heterocycles. The number of piperidine rings is 1. The minimum absolute atomic E-state index is 0.0266. The maximum atomic E-state index is 13.9. The third-order valence-electron chi connectivity index (χ3n) is 8.72. The number of primary amides is 1. The van der Waals surface area contributed by atoms with Crippen LogP contribution in [0.5, 0.6) is 5.75 Å². The van der Waals surface area contributed by atoms with E-state index in [2.05, 4.69) is 4.90 Å². The fraction of sp³-hybridized carbons (Fsp3) is 0.500. The lowest BCUT2D eigenvalue weighted by molar-refractivity contribution is -0.153. The Kier molecular flexibility index (Phi) is 6.64. The number of amides is 1. The van der Waals surface area contributed by atoms with Crippen molar-refractivity contribution in [1.29, 1.82) is 0 Å². The number of fused-ring (bicyclic) bond motifs is 3. The van der Waals surface area contributed by atoms with Crippen LogP contribution in [-0.2, 0) is 20.8 Å². The summed E-state index contributed by atoms with van der Waals surface area (Å²) in [7, 11) is 3.09. The molecule has 1 saturated carbocycles. The molecule has 4 atom stereocenters. The third-order valence-corrected chi connectivity index (χ3v) is 8.72. The number of phenolic OH excluding ortho intramolecular Hbond substituents is 1. The number of benzene rings is 1. The van der Waals surface area contributed by atoms with Gasteiger partial charge in [-0.2, -0.15) is 0 Å². The number of ketones is 3. The number of carbonyl (C=O) groups excluding carboxylic acids is 4. The van der Waals surface area contributed by atoms with Gasteiger partial charge in [0.25, 0.3) is 5.91 Å². The number of Topliss-reactive ketones (excluding diaryl/α,β-unsaturated/α-hetero) is 3. The fourth-order valence-corrected chi connectivity index (χ4v) is 6.91. The second-order valence-corrected chi connectivity index (χ2v) is 11.2. The fourth-order valence-electron chi connectivity index (χ4n) is 6.91. The van der Waals surface area contributed by atoms with Gasteiger partial charge in [0.2, 0.25) is 5.78 Å². The Balaban J connectivity index is 1.63. The monoisotopic (exact) mass is 539 g/mol. The number of aliphatic hydroxyl groups excluding tert-OH is 2. The van der Waals surface area contributed by atoms with Crippen molar-refractivity contribution in [1.82, 2.24) is 9.80 Å². The molecule has 1 saturated heterocycles. The molecule has 39 heavy (non-hydrogen) atoms. The van der Waals surface area contributed by atoms with Crippen molar-refractivity contribution in [2.75, 3.05) is 33.7 Å². The maximum Gasteiger partial charge on any atom is 0.255 e. The molecule has 5 rings (SSSR count). The highest BCUT2D eigenvalue weighted by Gasteiger charge is 2.64. The minimum atomic E-state index is -2.69. The molecule has 4 aliphatic rings. The average Bonchev–Trinajstić information content (AvgIpc) is 2.86. The van der Waals surface area contributed by atoms with Crippen LogP contribution in [-0.4, -0.2) is 98.9 Å². The van der Waals surface area contributed by atoms with Crippen molar-refractivity contribution in [3.05, 3.63) is 45.7 Å². The Morgan fingerprint density at radius 3 is 2.38 bits per heavy atom. The molecule has 1 aromatic carbocycles. The molecule has 0 unspecified atom stereocenters. The van der Waals surface area contributed by atoms with E-state index < -0.39 is 58.0 Å². The lowest BCUT2D eigenvalue weighted by atomic mass is 9.57. The number of likely N-dealkylation sites (tertiary alicyclic amines) is 1. The number of hydrogen-bond acceptors (Lipinski definition) is 10. The molecule has 1 heterocycles. The van der Waals surface area contributed by atoms with E-state index in [1.807, 2.05) is 0 Å². The Morgan fingerprint density at radius 1 is 1.10 bits per heavy atom. The highest BCUT2D eigenvalue weighted by Crippen LogP contribution is 2.53. The number of hydrogen-bond donors (Lipinski definition) is 5. The van der Waals surface area contributed by atoms with Crippen LogP contribution in [0.1, 0.15) is 47.2 Å². The van der Waals surface area contributed by atoms with Gasteiger partial charge in [-0.05, 0) is 76.5 Å². The zero-order valence-corrected chi connectivity index (χ0v) is 21.9. The molecule has 11 heteroatoms. The van der Waals surface area contributed by atoms with Crippen molar-refractivity contribution in [2.24, 2.45) is 17.6 Å². The van der Waals surface area contributed by atoms with Gasteiger partial charge in [-0.15, -0.1) is 0 Å². The maximum absolute atomic E-state index is 13.9. The Hall–Kier alpha value is -3.54. The molecule has 2 fully saturated rings. The van der Waals surface area contributed by atoms with E-state index in [0.29, 0.717) is 11.1 Å². The highest BCUT2D eigenvalue weighted by atomic mass is 16.3. The smallest absolute Gasteiger partial charge is 0.255 e. The second-order valence-electron chi connectivity index (χ2n) is 11.2. The van der Waals surface area contributed by atoms with Crippen molar-refractivity contribution in [2.45, 2.75) is 43.7 Å². The van der Waals surface area contributed by atoms with Crippen LogP contribution in [0.25, 0.3) is 5.76 Å². The largest absolute Gasteiger partial charge is 0.508 e. The SMILES string of the molecule is CN(C)[C@H]1C(=O)C(C(N)=O)=C(O)[C@@]2(O)C(=O)C3=C(O)c4c(O)ccc(C(=O)CN5CCCCC5)c4C[C@@H]3C[C@H]12. The van der Waals surface area contributed by atoms with Gasteiger partial charge in [-0.1, -0.05) is 6.42 Å². The summed E-state index contributed by atoms with van der Waals surface area (Å²) in [5.74, 6) is -7.31. The molecule has 1 aromatic rings. The second kappa shape index (κ2) is 9.58. The first kappa shape index (κ1) is 27.0. The number of likely N-dealkylation sites (N-methyl/N-ethyl adjacent to an activating group) is 1.